The Bertz CT molecular complexity index is 509. The van der Waals surface area contributed by atoms with Gasteiger partial charge in [-0.3, -0.25) is 14.6 Å². The van der Waals surface area contributed by atoms with Crippen LogP contribution in [0.15, 0.2) is 12.4 Å². The largest absolute Gasteiger partial charge is 0.466 e. The zero-order chi connectivity index (χ0) is 14.5. The molecule has 1 aromatic rings. The molecule has 1 fully saturated rings. The molecule has 1 aliphatic heterocycles. The first-order valence-electron chi connectivity index (χ1n) is 6.55. The Morgan fingerprint density at radius 3 is 3.00 bits per heavy atom. The van der Waals surface area contributed by atoms with Crippen molar-refractivity contribution in [2.24, 2.45) is 5.92 Å². The third kappa shape index (κ3) is 3.45. The number of piperidine rings is 1. The third-order valence-electron chi connectivity index (χ3n) is 3.15. The van der Waals surface area contributed by atoms with E-state index in [9.17, 15) is 9.59 Å². The van der Waals surface area contributed by atoms with E-state index in [1.165, 1.54) is 12.4 Å². The van der Waals surface area contributed by atoms with Crippen LogP contribution in [0.1, 0.15) is 30.3 Å². The zero-order valence-corrected chi connectivity index (χ0v) is 12.0. The van der Waals surface area contributed by atoms with Gasteiger partial charge < -0.3 is 9.64 Å². The maximum atomic E-state index is 12.3. The van der Waals surface area contributed by atoms with Gasteiger partial charge in [0.2, 0.25) is 0 Å². The number of halogens is 1. The van der Waals surface area contributed by atoms with E-state index < -0.39 is 0 Å². The summed E-state index contributed by atoms with van der Waals surface area (Å²) in [5.74, 6) is -0.768. The normalized spacial score (nSPS) is 18.7. The molecule has 2 heterocycles. The average molecular weight is 298 g/mol. The lowest BCUT2D eigenvalue weighted by Gasteiger charge is -2.31. The third-order valence-corrected chi connectivity index (χ3v) is 3.33. The highest BCUT2D eigenvalue weighted by Gasteiger charge is 2.30. The highest BCUT2D eigenvalue weighted by molar-refractivity contribution is 6.29. The van der Waals surface area contributed by atoms with Crippen LogP contribution >= 0.6 is 11.6 Å². The van der Waals surface area contributed by atoms with Crippen molar-refractivity contribution in [1.82, 2.24) is 14.9 Å². The van der Waals surface area contributed by atoms with Gasteiger partial charge in [-0.25, -0.2) is 4.98 Å². The SMILES string of the molecule is CCOC(=O)C1CCCN(C(=O)c2cncc(Cl)n2)C1. The van der Waals surface area contributed by atoms with Crippen LogP contribution in [0, 0.1) is 5.92 Å². The second kappa shape index (κ2) is 6.65. The molecule has 0 aromatic carbocycles. The number of rotatable bonds is 3. The van der Waals surface area contributed by atoms with E-state index in [1.54, 1.807) is 11.8 Å². The van der Waals surface area contributed by atoms with Crippen LogP contribution in [0.25, 0.3) is 0 Å². The van der Waals surface area contributed by atoms with Crippen molar-refractivity contribution in [2.75, 3.05) is 19.7 Å². The standard InChI is InChI=1S/C13H16ClN3O3/c1-2-20-13(19)9-4-3-5-17(8-9)12(18)10-6-15-7-11(14)16-10/h6-7,9H,2-5,8H2,1H3. The average Bonchev–Trinajstić information content (AvgIpc) is 2.47. The lowest BCUT2D eigenvalue weighted by atomic mass is 9.98. The first kappa shape index (κ1) is 14.7. The molecule has 1 amide bonds. The monoisotopic (exact) mass is 297 g/mol. The highest BCUT2D eigenvalue weighted by Crippen LogP contribution is 2.19. The number of hydrogen-bond donors (Lipinski definition) is 0. The maximum absolute atomic E-state index is 12.3. The fourth-order valence-corrected chi connectivity index (χ4v) is 2.37. The first-order valence-corrected chi connectivity index (χ1v) is 6.93. The predicted octanol–water partition coefficient (Wildman–Crippen LogP) is 1.55. The van der Waals surface area contributed by atoms with Crippen LogP contribution in [0.3, 0.4) is 0 Å². The van der Waals surface area contributed by atoms with Crippen molar-refractivity contribution < 1.29 is 14.3 Å². The van der Waals surface area contributed by atoms with E-state index in [2.05, 4.69) is 9.97 Å². The van der Waals surface area contributed by atoms with Gasteiger partial charge in [0, 0.05) is 13.1 Å². The number of aromatic nitrogens is 2. The molecule has 1 unspecified atom stereocenters. The molecule has 0 spiro atoms. The van der Waals surface area contributed by atoms with Gasteiger partial charge >= 0.3 is 5.97 Å². The number of ether oxygens (including phenoxy) is 1. The fraction of sp³-hybridized carbons (Fsp3) is 0.538. The summed E-state index contributed by atoms with van der Waals surface area (Å²) in [5, 5.41) is 0.176. The molecule has 0 N–H and O–H groups in total. The second-order valence-electron chi connectivity index (χ2n) is 4.57. The summed E-state index contributed by atoms with van der Waals surface area (Å²) < 4.78 is 5.01. The van der Waals surface area contributed by atoms with Crippen molar-refractivity contribution in [3.8, 4) is 0 Å². The molecule has 1 atom stereocenters. The number of carbonyl (C=O) groups is 2. The predicted molar refractivity (Wildman–Crippen MR) is 72.3 cm³/mol. The van der Waals surface area contributed by atoms with E-state index in [1.807, 2.05) is 0 Å². The molecule has 1 aromatic heterocycles. The smallest absolute Gasteiger partial charge is 0.310 e. The molecule has 0 bridgehead atoms. The summed E-state index contributed by atoms with van der Waals surface area (Å²) >= 11 is 5.73. The van der Waals surface area contributed by atoms with Crippen molar-refractivity contribution in [2.45, 2.75) is 19.8 Å². The van der Waals surface area contributed by atoms with Crippen LogP contribution in [-0.2, 0) is 9.53 Å². The molecule has 20 heavy (non-hydrogen) atoms. The number of hydrogen-bond acceptors (Lipinski definition) is 5. The Morgan fingerprint density at radius 2 is 2.30 bits per heavy atom. The van der Waals surface area contributed by atoms with Gasteiger partial charge in [-0.15, -0.1) is 0 Å². The fourth-order valence-electron chi connectivity index (χ4n) is 2.22. The molecule has 7 heteroatoms. The zero-order valence-electron chi connectivity index (χ0n) is 11.2. The molecule has 0 radical (unpaired) electrons. The van der Waals surface area contributed by atoms with Crippen LogP contribution in [0.4, 0.5) is 0 Å². The topological polar surface area (TPSA) is 72.4 Å². The summed E-state index contributed by atoms with van der Waals surface area (Å²) in [6.07, 6.45) is 4.26. The molecule has 6 nitrogen and oxygen atoms in total. The molecule has 108 valence electrons. The summed E-state index contributed by atoms with van der Waals surface area (Å²) in [6.45, 7) is 3.07. The van der Waals surface area contributed by atoms with Gasteiger partial charge in [0.1, 0.15) is 10.8 Å². The van der Waals surface area contributed by atoms with Crippen LogP contribution in [0.5, 0.6) is 0 Å². The van der Waals surface area contributed by atoms with E-state index in [0.717, 1.165) is 12.8 Å². The highest BCUT2D eigenvalue weighted by atomic mass is 35.5. The molecule has 2 rings (SSSR count). The Kier molecular flexibility index (Phi) is 4.89. The Balaban J connectivity index is 2.05. The quantitative estimate of drug-likeness (QED) is 0.791. The van der Waals surface area contributed by atoms with Crippen LogP contribution in [0.2, 0.25) is 5.15 Å². The minimum Gasteiger partial charge on any atom is -0.466 e. The minimum atomic E-state index is -0.264. The molecular formula is C13H16ClN3O3. The number of likely N-dealkylation sites (tertiary alicyclic amines) is 1. The summed E-state index contributed by atoms with van der Waals surface area (Å²) in [4.78, 5) is 33.4. The van der Waals surface area contributed by atoms with Crippen LogP contribution in [-0.4, -0.2) is 46.4 Å². The molecular weight excluding hydrogens is 282 g/mol. The minimum absolute atomic E-state index is 0.176. The van der Waals surface area contributed by atoms with Crippen molar-refractivity contribution in [3.05, 3.63) is 23.2 Å². The molecule has 0 saturated carbocycles. The number of carbonyl (C=O) groups excluding carboxylic acids is 2. The van der Waals surface area contributed by atoms with E-state index in [0.29, 0.717) is 19.7 Å². The first-order chi connectivity index (χ1) is 9.61. The lowest BCUT2D eigenvalue weighted by Crippen LogP contribution is -2.43. The van der Waals surface area contributed by atoms with Crippen molar-refractivity contribution in [3.63, 3.8) is 0 Å². The van der Waals surface area contributed by atoms with Gasteiger partial charge in [-0.1, -0.05) is 11.6 Å². The van der Waals surface area contributed by atoms with Crippen molar-refractivity contribution in [1.29, 1.82) is 0 Å². The second-order valence-corrected chi connectivity index (χ2v) is 4.96. The maximum Gasteiger partial charge on any atom is 0.310 e. The summed E-state index contributed by atoms with van der Waals surface area (Å²) in [7, 11) is 0. The number of esters is 1. The lowest BCUT2D eigenvalue weighted by molar-refractivity contribution is -0.149. The summed E-state index contributed by atoms with van der Waals surface area (Å²) in [5.41, 5.74) is 0.196. The van der Waals surface area contributed by atoms with Gasteiger partial charge in [0.05, 0.1) is 24.9 Å². The van der Waals surface area contributed by atoms with Gasteiger partial charge in [0.25, 0.3) is 5.91 Å². The van der Waals surface area contributed by atoms with Gasteiger partial charge in [0.15, 0.2) is 0 Å². The van der Waals surface area contributed by atoms with Crippen molar-refractivity contribution >= 4 is 23.5 Å². The Morgan fingerprint density at radius 1 is 1.50 bits per heavy atom. The Hall–Kier alpha value is -1.69. The molecule has 1 aliphatic rings. The van der Waals surface area contributed by atoms with E-state index in [-0.39, 0.29) is 28.6 Å². The van der Waals surface area contributed by atoms with Gasteiger partial charge in [-0.05, 0) is 19.8 Å². The number of amides is 1. The van der Waals surface area contributed by atoms with E-state index in [4.69, 9.17) is 16.3 Å². The molecule has 0 aliphatic carbocycles. The van der Waals surface area contributed by atoms with E-state index >= 15 is 0 Å². The summed E-state index contributed by atoms with van der Waals surface area (Å²) in [6, 6.07) is 0. The number of nitrogens with zero attached hydrogens (tertiary/aromatic N) is 3. The molecule has 1 saturated heterocycles. The van der Waals surface area contributed by atoms with Crippen LogP contribution < -0.4 is 0 Å². The Labute approximate surface area is 122 Å². The van der Waals surface area contributed by atoms with Gasteiger partial charge in [-0.2, -0.15) is 0 Å².